The summed E-state index contributed by atoms with van der Waals surface area (Å²) >= 11 is 0. The highest BCUT2D eigenvalue weighted by Gasteiger charge is 2.10. The van der Waals surface area contributed by atoms with Crippen molar-refractivity contribution in [1.82, 2.24) is 0 Å². The van der Waals surface area contributed by atoms with Crippen molar-refractivity contribution < 1.29 is 9.72 Å². The number of ketones is 1. The summed E-state index contributed by atoms with van der Waals surface area (Å²) in [7, 11) is 0. The molecular weight excluding hydrogens is 254 g/mol. The molecular formula is C16H15NO3. The topological polar surface area (TPSA) is 60.2 Å². The number of non-ortho nitro benzene ring substituents is 1. The molecule has 20 heavy (non-hydrogen) atoms. The fraction of sp³-hybridized carbons (Fsp3) is 0.188. The number of rotatable bonds is 3. The van der Waals surface area contributed by atoms with E-state index in [-0.39, 0.29) is 11.5 Å². The summed E-state index contributed by atoms with van der Waals surface area (Å²) in [6.07, 6.45) is 6.43. The lowest BCUT2D eigenvalue weighted by atomic mass is 10.0. The smallest absolute Gasteiger partial charge is 0.269 e. The number of hydrogen-bond acceptors (Lipinski definition) is 3. The summed E-state index contributed by atoms with van der Waals surface area (Å²) < 4.78 is 0. The Kier molecular flexibility index (Phi) is 3.94. The predicted molar refractivity (Wildman–Crippen MR) is 78.2 cm³/mol. The SMILES string of the molecule is CC(=O)C1=C(C)CC=C(c2ccc([N+](=O)[O-])cc2)C=C1. The van der Waals surface area contributed by atoms with Crippen LogP contribution in [0.4, 0.5) is 5.69 Å². The fourth-order valence-electron chi connectivity index (χ4n) is 2.16. The maximum atomic E-state index is 11.5. The third kappa shape index (κ3) is 2.91. The quantitative estimate of drug-likeness (QED) is 0.618. The third-order valence-electron chi connectivity index (χ3n) is 3.31. The molecule has 0 fully saturated rings. The molecule has 0 unspecified atom stereocenters. The molecule has 0 spiro atoms. The Morgan fingerprint density at radius 2 is 1.85 bits per heavy atom. The number of nitrogens with zero attached hydrogens (tertiary/aromatic N) is 1. The van der Waals surface area contributed by atoms with Gasteiger partial charge in [0.25, 0.3) is 5.69 Å². The molecule has 1 aromatic rings. The van der Waals surface area contributed by atoms with Gasteiger partial charge in [0.05, 0.1) is 4.92 Å². The highest BCUT2D eigenvalue weighted by molar-refractivity contribution is 5.98. The molecule has 0 heterocycles. The summed E-state index contributed by atoms with van der Waals surface area (Å²) in [5.41, 5.74) is 3.72. The van der Waals surface area contributed by atoms with E-state index in [2.05, 4.69) is 0 Å². The van der Waals surface area contributed by atoms with Crippen molar-refractivity contribution in [3.05, 3.63) is 69.3 Å². The Labute approximate surface area is 117 Å². The molecule has 0 radical (unpaired) electrons. The molecule has 0 saturated heterocycles. The summed E-state index contributed by atoms with van der Waals surface area (Å²) in [5.74, 6) is 0.0529. The highest BCUT2D eigenvalue weighted by atomic mass is 16.6. The first-order valence-electron chi connectivity index (χ1n) is 6.33. The average molecular weight is 269 g/mol. The van der Waals surface area contributed by atoms with Gasteiger partial charge in [-0.2, -0.15) is 0 Å². The summed E-state index contributed by atoms with van der Waals surface area (Å²) in [6.45, 7) is 3.50. The van der Waals surface area contributed by atoms with Gasteiger partial charge >= 0.3 is 0 Å². The predicted octanol–water partition coefficient (Wildman–Crippen LogP) is 3.84. The fourth-order valence-corrected chi connectivity index (χ4v) is 2.16. The van der Waals surface area contributed by atoms with Crippen LogP contribution in [0.1, 0.15) is 25.8 Å². The van der Waals surface area contributed by atoms with E-state index in [9.17, 15) is 14.9 Å². The van der Waals surface area contributed by atoms with E-state index in [0.29, 0.717) is 6.42 Å². The van der Waals surface area contributed by atoms with Gasteiger partial charge in [0.2, 0.25) is 0 Å². The van der Waals surface area contributed by atoms with Gasteiger partial charge < -0.3 is 0 Å². The molecule has 1 aliphatic rings. The molecule has 1 aliphatic carbocycles. The van der Waals surface area contributed by atoms with Crippen molar-refractivity contribution in [2.45, 2.75) is 20.3 Å². The molecule has 0 N–H and O–H groups in total. The van der Waals surface area contributed by atoms with E-state index in [1.807, 2.05) is 25.2 Å². The molecule has 102 valence electrons. The number of hydrogen-bond donors (Lipinski definition) is 0. The van der Waals surface area contributed by atoms with Gasteiger partial charge in [0, 0.05) is 17.7 Å². The monoisotopic (exact) mass is 269 g/mol. The normalized spacial score (nSPS) is 14.8. The van der Waals surface area contributed by atoms with Gasteiger partial charge in [0.1, 0.15) is 0 Å². The van der Waals surface area contributed by atoms with Gasteiger partial charge in [0.15, 0.2) is 5.78 Å². The molecule has 0 amide bonds. The molecule has 0 saturated carbocycles. The minimum Gasteiger partial charge on any atom is -0.295 e. The lowest BCUT2D eigenvalue weighted by molar-refractivity contribution is -0.384. The van der Waals surface area contributed by atoms with Crippen LogP contribution >= 0.6 is 0 Å². The van der Waals surface area contributed by atoms with Crippen molar-refractivity contribution >= 4 is 17.0 Å². The zero-order valence-corrected chi connectivity index (χ0v) is 11.4. The molecule has 0 bridgehead atoms. The van der Waals surface area contributed by atoms with Gasteiger partial charge in [-0.3, -0.25) is 14.9 Å². The standard InChI is InChI=1S/C16H15NO3/c1-11-3-4-13(7-10-16(11)12(2)18)14-5-8-15(9-6-14)17(19)20/h4-10H,3H2,1-2H3. The number of nitro groups is 1. The van der Waals surface area contributed by atoms with Gasteiger partial charge in [-0.05, 0) is 43.5 Å². The number of nitro benzene ring substituents is 1. The summed E-state index contributed by atoms with van der Waals surface area (Å²) in [6, 6.07) is 6.42. The zero-order valence-electron chi connectivity index (χ0n) is 11.4. The average Bonchev–Trinajstić information content (AvgIpc) is 2.61. The van der Waals surface area contributed by atoms with E-state index in [4.69, 9.17) is 0 Å². The van der Waals surface area contributed by atoms with Crippen LogP contribution in [0.3, 0.4) is 0 Å². The number of carbonyl (C=O) groups is 1. The number of benzene rings is 1. The lowest BCUT2D eigenvalue weighted by Gasteiger charge is -2.01. The second-order valence-corrected chi connectivity index (χ2v) is 4.75. The largest absolute Gasteiger partial charge is 0.295 e. The maximum absolute atomic E-state index is 11.5. The molecule has 0 atom stereocenters. The van der Waals surface area contributed by atoms with Crippen molar-refractivity contribution in [3.63, 3.8) is 0 Å². The van der Waals surface area contributed by atoms with Crippen molar-refractivity contribution in [2.75, 3.05) is 0 Å². The van der Waals surface area contributed by atoms with E-state index >= 15 is 0 Å². The van der Waals surface area contributed by atoms with E-state index in [0.717, 1.165) is 22.3 Å². The Morgan fingerprint density at radius 3 is 2.40 bits per heavy atom. The Balaban J connectivity index is 2.30. The molecule has 4 nitrogen and oxygen atoms in total. The minimum atomic E-state index is -0.416. The number of allylic oxidation sites excluding steroid dienone is 6. The van der Waals surface area contributed by atoms with Crippen molar-refractivity contribution in [2.24, 2.45) is 0 Å². The van der Waals surface area contributed by atoms with E-state index in [1.54, 1.807) is 19.1 Å². The minimum absolute atomic E-state index is 0.0529. The van der Waals surface area contributed by atoms with Crippen LogP contribution in [0.15, 0.2) is 53.6 Å². The Bertz CT molecular complexity index is 649. The van der Waals surface area contributed by atoms with Gasteiger partial charge in [-0.25, -0.2) is 0 Å². The van der Waals surface area contributed by atoms with E-state index in [1.165, 1.54) is 12.1 Å². The number of Topliss-reactive ketones (excluding diaryl/α,β-unsaturated/α-hetero) is 1. The van der Waals surface area contributed by atoms with Crippen LogP contribution in [0.25, 0.3) is 5.57 Å². The van der Waals surface area contributed by atoms with Crippen LogP contribution in [0, 0.1) is 10.1 Å². The number of carbonyl (C=O) groups excluding carboxylic acids is 1. The molecule has 4 heteroatoms. The van der Waals surface area contributed by atoms with Crippen LogP contribution in [0.5, 0.6) is 0 Å². The second kappa shape index (κ2) is 5.65. The lowest BCUT2D eigenvalue weighted by Crippen LogP contribution is -1.95. The first kappa shape index (κ1) is 13.9. The molecule has 0 aliphatic heterocycles. The second-order valence-electron chi connectivity index (χ2n) is 4.75. The first-order valence-corrected chi connectivity index (χ1v) is 6.33. The van der Waals surface area contributed by atoms with Crippen LogP contribution in [-0.2, 0) is 4.79 Å². The molecule has 0 aromatic heterocycles. The first-order chi connectivity index (χ1) is 9.49. The van der Waals surface area contributed by atoms with Gasteiger partial charge in [-0.15, -0.1) is 0 Å². The molecule has 1 aromatic carbocycles. The summed E-state index contributed by atoms with van der Waals surface area (Å²) in [5, 5.41) is 10.6. The Hall–Kier alpha value is -2.49. The summed E-state index contributed by atoms with van der Waals surface area (Å²) in [4.78, 5) is 21.7. The van der Waals surface area contributed by atoms with Gasteiger partial charge in [-0.1, -0.05) is 23.8 Å². The Morgan fingerprint density at radius 1 is 1.20 bits per heavy atom. The van der Waals surface area contributed by atoms with Crippen LogP contribution in [0.2, 0.25) is 0 Å². The molecule has 2 rings (SSSR count). The third-order valence-corrected chi connectivity index (χ3v) is 3.31. The van der Waals surface area contributed by atoms with Crippen molar-refractivity contribution in [1.29, 1.82) is 0 Å². The van der Waals surface area contributed by atoms with Crippen LogP contribution in [-0.4, -0.2) is 10.7 Å². The van der Waals surface area contributed by atoms with Crippen molar-refractivity contribution in [3.8, 4) is 0 Å². The zero-order chi connectivity index (χ0) is 14.7. The highest BCUT2D eigenvalue weighted by Crippen LogP contribution is 2.25. The maximum Gasteiger partial charge on any atom is 0.269 e. The van der Waals surface area contributed by atoms with Crippen LogP contribution < -0.4 is 0 Å². The van der Waals surface area contributed by atoms with E-state index < -0.39 is 4.92 Å².